The molecule has 0 spiro atoms. The van der Waals surface area contributed by atoms with Crippen molar-refractivity contribution in [3.63, 3.8) is 0 Å². The number of anilines is 8. The molecule has 10 aromatic rings. The third-order valence-electron chi connectivity index (χ3n) is 17.1. The van der Waals surface area contributed by atoms with Gasteiger partial charge in [0.1, 0.15) is 0 Å². The fourth-order valence-corrected chi connectivity index (χ4v) is 16.1. The largest absolute Gasteiger partial charge is 0.334 e. The lowest BCUT2D eigenvalue weighted by molar-refractivity contribution is 0.194. The normalized spacial score (nSPS) is 19.4. The van der Waals surface area contributed by atoms with E-state index >= 15 is 0 Å². The van der Waals surface area contributed by atoms with E-state index in [1.54, 1.807) is 5.56 Å². The second-order valence-corrected chi connectivity index (χ2v) is 24.4. The number of rotatable bonds is 3. The molecule has 14 rings (SSSR count). The fourth-order valence-electron chi connectivity index (χ4n) is 13.8. The Balaban J connectivity index is 1.07. The molecular formula is C63H56BN3S2. The van der Waals surface area contributed by atoms with Crippen LogP contribution in [0.4, 0.5) is 45.5 Å². The highest BCUT2D eigenvalue weighted by Crippen LogP contribution is 2.62. The molecule has 69 heavy (non-hydrogen) atoms. The van der Waals surface area contributed by atoms with Crippen LogP contribution in [0.2, 0.25) is 0 Å². The quantitative estimate of drug-likeness (QED) is 0.164. The number of benzene rings is 8. The second-order valence-electron chi connectivity index (χ2n) is 22.2. The minimum Gasteiger partial charge on any atom is -0.334 e. The van der Waals surface area contributed by atoms with Crippen LogP contribution in [0.3, 0.4) is 0 Å². The number of aryl methyl sites for hydroxylation is 3. The van der Waals surface area contributed by atoms with Crippen molar-refractivity contribution in [2.75, 3.05) is 14.7 Å². The number of fused-ring (bicyclic) bond motifs is 13. The van der Waals surface area contributed by atoms with Gasteiger partial charge in [0.2, 0.25) is 0 Å². The van der Waals surface area contributed by atoms with Crippen LogP contribution in [0.25, 0.3) is 40.3 Å². The van der Waals surface area contributed by atoms with Crippen molar-refractivity contribution in [3.8, 4) is 0 Å². The van der Waals surface area contributed by atoms with Crippen molar-refractivity contribution in [3.05, 3.63) is 173 Å². The molecule has 0 radical (unpaired) electrons. The Morgan fingerprint density at radius 2 is 1.13 bits per heavy atom. The van der Waals surface area contributed by atoms with Crippen molar-refractivity contribution in [1.82, 2.24) is 0 Å². The van der Waals surface area contributed by atoms with E-state index in [0.29, 0.717) is 0 Å². The average molecular weight is 930 g/mol. The van der Waals surface area contributed by atoms with Gasteiger partial charge < -0.3 is 14.7 Å². The lowest BCUT2D eigenvalue weighted by Gasteiger charge is -2.51. The molecule has 1 saturated carbocycles. The Morgan fingerprint density at radius 3 is 1.91 bits per heavy atom. The highest BCUT2D eigenvalue weighted by atomic mass is 32.1. The molecule has 2 atom stereocenters. The van der Waals surface area contributed by atoms with Gasteiger partial charge >= 0.3 is 0 Å². The number of nitrogens with zero attached hydrogens (tertiary/aromatic N) is 3. The molecule has 1 aliphatic carbocycles. The van der Waals surface area contributed by atoms with Crippen molar-refractivity contribution in [1.29, 1.82) is 0 Å². The first-order valence-corrected chi connectivity index (χ1v) is 26.7. The molecule has 0 bridgehead atoms. The first kappa shape index (κ1) is 41.6. The highest BCUT2D eigenvalue weighted by molar-refractivity contribution is 7.26. The van der Waals surface area contributed by atoms with Crippen LogP contribution in [0.1, 0.15) is 88.1 Å². The van der Waals surface area contributed by atoms with Gasteiger partial charge in [-0.2, -0.15) is 0 Å². The summed E-state index contributed by atoms with van der Waals surface area (Å²) in [6.45, 7) is 19.2. The summed E-state index contributed by atoms with van der Waals surface area (Å²) in [5.74, 6) is 0. The van der Waals surface area contributed by atoms with E-state index in [1.165, 1.54) is 150 Å². The van der Waals surface area contributed by atoms with Gasteiger partial charge in [-0.05, 0) is 157 Å². The van der Waals surface area contributed by atoms with Gasteiger partial charge in [0.15, 0.2) is 0 Å². The Bertz CT molecular complexity index is 3850. The SMILES string of the molecule is Cc1cc2c3c(c1)N(c1cccc4c1sc1ccccc14)c1cc(N4c5cc(C)cc(C)c5C5(C)CCCCC45C)ccc1B3c1ccc(C(C)(C)C)cc1N2c1ccc2c(c1)sc1ccccc12. The van der Waals surface area contributed by atoms with E-state index in [-0.39, 0.29) is 23.1 Å². The maximum Gasteiger partial charge on any atom is 0.252 e. The zero-order valence-corrected chi connectivity index (χ0v) is 42.6. The van der Waals surface area contributed by atoms with Crippen LogP contribution in [0, 0.1) is 20.8 Å². The van der Waals surface area contributed by atoms with E-state index in [9.17, 15) is 0 Å². The maximum atomic E-state index is 2.80. The van der Waals surface area contributed by atoms with E-state index in [2.05, 4.69) is 216 Å². The average Bonchev–Trinajstić information content (AvgIpc) is 3.96. The molecular weight excluding hydrogens is 874 g/mol. The summed E-state index contributed by atoms with van der Waals surface area (Å²) in [6.07, 6.45) is 4.89. The van der Waals surface area contributed by atoms with Crippen LogP contribution in [-0.4, -0.2) is 12.3 Å². The summed E-state index contributed by atoms with van der Waals surface area (Å²) in [6, 6.07) is 57.0. The third-order valence-corrected chi connectivity index (χ3v) is 19.4. The maximum absolute atomic E-state index is 2.80. The fraction of sp³-hybridized carbons (Fsp3) is 0.238. The van der Waals surface area contributed by atoms with Gasteiger partial charge in [-0.25, -0.2) is 0 Å². The second kappa shape index (κ2) is 14.4. The van der Waals surface area contributed by atoms with Gasteiger partial charge in [-0.15, -0.1) is 22.7 Å². The summed E-state index contributed by atoms with van der Waals surface area (Å²) in [5.41, 5.74) is 21.2. The standard InChI is InChI=1S/C63H56BN3S2/c1-37-30-39(3)58-52(31-37)67(63(8)29-14-13-28-62(58,63)7)42-24-27-48-51(35-42)66(49-19-15-18-46-44-17-10-12-21-56(44)69-60(46)49)54-33-38(2)32-53-59(54)64(48)47-26-22-40(61(4,5)6)34-50(47)65(53)41-23-25-45-43-16-9-11-20-55(43)68-57(45)36-41/h9-12,15-27,30-36H,13-14,28-29H2,1-8H3. The molecule has 0 amide bonds. The molecule has 1 fully saturated rings. The summed E-state index contributed by atoms with van der Waals surface area (Å²) in [7, 11) is 0. The smallest absolute Gasteiger partial charge is 0.252 e. The first-order chi connectivity index (χ1) is 33.3. The molecule has 5 heterocycles. The minimum atomic E-state index is -0.0656. The Labute approximate surface area is 414 Å². The Kier molecular flexibility index (Phi) is 8.67. The summed E-state index contributed by atoms with van der Waals surface area (Å²) >= 11 is 3.83. The number of hydrogen-bond acceptors (Lipinski definition) is 5. The van der Waals surface area contributed by atoms with Crippen LogP contribution in [0.5, 0.6) is 0 Å². The monoisotopic (exact) mass is 929 g/mol. The van der Waals surface area contributed by atoms with Gasteiger partial charge in [0.25, 0.3) is 6.71 Å². The van der Waals surface area contributed by atoms with Gasteiger partial charge in [-0.3, -0.25) is 0 Å². The van der Waals surface area contributed by atoms with Gasteiger partial charge in [0, 0.05) is 80.9 Å². The molecule has 2 unspecified atom stereocenters. The zero-order valence-electron chi connectivity index (χ0n) is 40.9. The predicted molar refractivity (Wildman–Crippen MR) is 302 cm³/mol. The van der Waals surface area contributed by atoms with Crippen molar-refractivity contribution in [2.45, 2.75) is 97.4 Å². The lowest BCUT2D eigenvalue weighted by Crippen LogP contribution is -2.61. The molecule has 8 aromatic carbocycles. The Morgan fingerprint density at radius 1 is 0.507 bits per heavy atom. The predicted octanol–water partition coefficient (Wildman–Crippen LogP) is 16.5. The van der Waals surface area contributed by atoms with Gasteiger partial charge in [0.05, 0.1) is 15.9 Å². The molecule has 0 saturated heterocycles. The lowest BCUT2D eigenvalue weighted by atomic mass is 9.33. The molecule has 3 aliphatic heterocycles. The van der Waals surface area contributed by atoms with Gasteiger partial charge in [-0.1, -0.05) is 119 Å². The van der Waals surface area contributed by atoms with E-state index < -0.39 is 0 Å². The summed E-state index contributed by atoms with van der Waals surface area (Å²) in [5, 5.41) is 5.30. The van der Waals surface area contributed by atoms with Crippen molar-refractivity contribution in [2.24, 2.45) is 0 Å². The molecule has 2 aromatic heterocycles. The topological polar surface area (TPSA) is 9.72 Å². The van der Waals surface area contributed by atoms with Crippen LogP contribution < -0.4 is 31.1 Å². The van der Waals surface area contributed by atoms with E-state index in [0.717, 1.165) is 0 Å². The molecule has 6 heteroatoms. The van der Waals surface area contributed by atoms with E-state index in [1.807, 2.05) is 22.7 Å². The Hall–Kier alpha value is -6.34. The van der Waals surface area contributed by atoms with Crippen LogP contribution in [-0.2, 0) is 10.8 Å². The summed E-state index contributed by atoms with van der Waals surface area (Å²) < 4.78 is 5.30. The zero-order chi connectivity index (χ0) is 46.9. The van der Waals surface area contributed by atoms with Crippen LogP contribution in [0.15, 0.2) is 146 Å². The van der Waals surface area contributed by atoms with Crippen molar-refractivity contribution >= 4 is 132 Å². The third kappa shape index (κ3) is 5.68. The molecule has 0 N–H and O–H groups in total. The van der Waals surface area contributed by atoms with E-state index in [4.69, 9.17) is 0 Å². The van der Waals surface area contributed by atoms with Crippen LogP contribution >= 0.6 is 22.7 Å². The molecule has 4 aliphatic rings. The minimum absolute atomic E-state index is 0.0247. The van der Waals surface area contributed by atoms with Crippen molar-refractivity contribution < 1.29 is 0 Å². The molecule has 338 valence electrons. The summed E-state index contributed by atoms with van der Waals surface area (Å²) in [4.78, 5) is 8.10. The number of thiophene rings is 2. The first-order valence-electron chi connectivity index (χ1n) is 25.1. The highest BCUT2D eigenvalue weighted by Gasteiger charge is 2.58. The number of hydrogen-bond donors (Lipinski definition) is 0. The molecule has 3 nitrogen and oxygen atoms in total.